The van der Waals surface area contributed by atoms with E-state index in [9.17, 15) is 9.18 Å². The van der Waals surface area contributed by atoms with Crippen molar-refractivity contribution in [3.05, 3.63) is 63.6 Å². The van der Waals surface area contributed by atoms with E-state index in [0.717, 1.165) is 75.6 Å². The molecule has 3 aliphatic rings. The third-order valence-corrected chi connectivity index (χ3v) is 8.12. The molecule has 33 heavy (non-hydrogen) atoms. The zero-order valence-corrected chi connectivity index (χ0v) is 19.6. The highest BCUT2D eigenvalue weighted by Gasteiger charge is 2.30. The topological polar surface area (TPSA) is 39.3 Å². The van der Waals surface area contributed by atoms with Crippen molar-refractivity contribution in [2.75, 3.05) is 31.1 Å². The van der Waals surface area contributed by atoms with Crippen LogP contribution in [0.3, 0.4) is 0 Å². The van der Waals surface area contributed by atoms with Crippen LogP contribution in [-0.4, -0.2) is 42.0 Å². The second-order valence-corrected chi connectivity index (χ2v) is 10.2. The number of likely N-dealkylation sites (tertiary alicyclic amines) is 1. The number of rotatable bonds is 4. The first-order valence-electron chi connectivity index (χ1n) is 12.2. The van der Waals surface area contributed by atoms with Crippen molar-refractivity contribution in [3.8, 4) is 0 Å². The summed E-state index contributed by atoms with van der Waals surface area (Å²) in [4.78, 5) is 20.2. The number of nitrogens with one attached hydrogen (secondary N) is 1. The summed E-state index contributed by atoms with van der Waals surface area (Å²) >= 11 is 5.94. The summed E-state index contributed by atoms with van der Waals surface area (Å²) in [5.41, 5.74) is 7.49. The summed E-state index contributed by atoms with van der Waals surface area (Å²) in [7, 11) is 0. The molecule has 3 aliphatic heterocycles. The highest BCUT2D eigenvalue weighted by molar-refractivity contribution is 6.31. The fourth-order valence-corrected chi connectivity index (χ4v) is 6.26. The van der Waals surface area contributed by atoms with Crippen LogP contribution < -0.4 is 4.90 Å². The van der Waals surface area contributed by atoms with Gasteiger partial charge in [-0.1, -0.05) is 23.7 Å². The van der Waals surface area contributed by atoms with Crippen molar-refractivity contribution >= 4 is 34.1 Å². The number of hydrogen-bond donors (Lipinski definition) is 1. The lowest BCUT2D eigenvalue weighted by atomic mass is 9.88. The third kappa shape index (κ3) is 3.85. The summed E-state index contributed by atoms with van der Waals surface area (Å²) in [6.45, 7) is 4.07. The Balaban J connectivity index is 1.11. The van der Waals surface area contributed by atoms with Crippen molar-refractivity contribution in [2.45, 2.75) is 50.9 Å². The van der Waals surface area contributed by atoms with Gasteiger partial charge in [0.1, 0.15) is 5.82 Å². The van der Waals surface area contributed by atoms with Gasteiger partial charge in [-0.25, -0.2) is 4.39 Å². The Hall–Kier alpha value is -2.37. The molecule has 6 rings (SSSR count). The summed E-state index contributed by atoms with van der Waals surface area (Å²) in [5.74, 6) is 0.395. The molecule has 6 heteroatoms. The van der Waals surface area contributed by atoms with E-state index in [1.807, 2.05) is 11.1 Å². The average molecular weight is 466 g/mol. The number of piperidine rings is 1. The minimum Gasteiger partial charge on any atom is -0.361 e. The molecule has 1 N–H and O–H groups in total. The lowest BCUT2D eigenvalue weighted by molar-refractivity contribution is -0.119. The van der Waals surface area contributed by atoms with Crippen molar-refractivity contribution in [2.24, 2.45) is 0 Å². The van der Waals surface area contributed by atoms with Crippen LogP contribution >= 0.6 is 11.6 Å². The first-order chi connectivity index (χ1) is 16.1. The number of benzene rings is 2. The van der Waals surface area contributed by atoms with E-state index < -0.39 is 0 Å². The molecule has 172 valence electrons. The van der Waals surface area contributed by atoms with E-state index in [0.29, 0.717) is 18.2 Å². The van der Waals surface area contributed by atoms with Crippen LogP contribution in [0.1, 0.15) is 53.9 Å². The van der Waals surface area contributed by atoms with Gasteiger partial charge in [-0.2, -0.15) is 0 Å². The Bertz CT molecular complexity index is 1210. The molecule has 0 unspecified atom stereocenters. The quantitative estimate of drug-likeness (QED) is 0.544. The van der Waals surface area contributed by atoms with E-state index in [2.05, 4.69) is 22.0 Å². The Labute approximate surface area is 198 Å². The fourth-order valence-electron chi connectivity index (χ4n) is 6.10. The predicted octanol–water partition coefficient (Wildman–Crippen LogP) is 5.61. The monoisotopic (exact) mass is 465 g/mol. The zero-order valence-electron chi connectivity index (χ0n) is 18.8. The van der Waals surface area contributed by atoms with Crippen LogP contribution in [0.2, 0.25) is 5.02 Å². The van der Waals surface area contributed by atoms with Crippen molar-refractivity contribution in [1.82, 2.24) is 9.88 Å². The standard InChI is InChI=1S/C27H29ClFN3O/c28-23-15-25-21(14-24(23)29)22(16-30-25)18-6-10-31(11-7-18)9-5-17-12-19-2-1-8-32-26(33)4-3-20(13-17)27(19)32/h12-16,18,30H,1-11H2. The maximum atomic E-state index is 14.0. The molecule has 0 aliphatic carbocycles. The van der Waals surface area contributed by atoms with Crippen LogP contribution in [0.4, 0.5) is 10.1 Å². The number of halogens is 2. The zero-order chi connectivity index (χ0) is 22.5. The highest BCUT2D eigenvalue weighted by atomic mass is 35.5. The molecule has 2 aromatic carbocycles. The average Bonchev–Trinajstić information content (AvgIpc) is 3.23. The molecular weight excluding hydrogens is 437 g/mol. The molecule has 1 aromatic heterocycles. The van der Waals surface area contributed by atoms with E-state index in [4.69, 9.17) is 11.6 Å². The molecule has 4 nitrogen and oxygen atoms in total. The Kier molecular flexibility index (Phi) is 5.42. The Morgan fingerprint density at radius 3 is 2.64 bits per heavy atom. The van der Waals surface area contributed by atoms with E-state index in [1.165, 1.54) is 27.9 Å². The van der Waals surface area contributed by atoms with Crippen LogP contribution in [0.15, 0.2) is 30.5 Å². The first-order valence-corrected chi connectivity index (χ1v) is 12.6. The van der Waals surface area contributed by atoms with Gasteiger partial charge in [0.25, 0.3) is 0 Å². The minimum absolute atomic E-state index is 0.168. The highest BCUT2D eigenvalue weighted by Crippen LogP contribution is 2.37. The van der Waals surface area contributed by atoms with Gasteiger partial charge < -0.3 is 14.8 Å². The maximum absolute atomic E-state index is 14.0. The molecule has 4 heterocycles. The van der Waals surface area contributed by atoms with E-state index in [-0.39, 0.29) is 10.8 Å². The van der Waals surface area contributed by atoms with Crippen LogP contribution in [-0.2, 0) is 24.1 Å². The van der Waals surface area contributed by atoms with Crippen LogP contribution in [0.5, 0.6) is 0 Å². The Morgan fingerprint density at radius 2 is 1.82 bits per heavy atom. The van der Waals surface area contributed by atoms with Gasteiger partial charge in [0, 0.05) is 36.6 Å². The van der Waals surface area contributed by atoms with Gasteiger partial charge in [0.2, 0.25) is 5.91 Å². The number of hydrogen-bond acceptors (Lipinski definition) is 2. The molecule has 3 aromatic rings. The van der Waals surface area contributed by atoms with E-state index >= 15 is 0 Å². The number of anilines is 1. The van der Waals surface area contributed by atoms with Gasteiger partial charge in [-0.3, -0.25) is 4.79 Å². The van der Waals surface area contributed by atoms with Gasteiger partial charge in [-0.15, -0.1) is 0 Å². The number of amides is 1. The van der Waals surface area contributed by atoms with Gasteiger partial charge in [-0.05, 0) is 91.9 Å². The smallest absolute Gasteiger partial charge is 0.227 e. The second-order valence-electron chi connectivity index (χ2n) is 9.83. The summed E-state index contributed by atoms with van der Waals surface area (Å²) < 4.78 is 14.0. The maximum Gasteiger partial charge on any atom is 0.227 e. The number of carbonyl (C=O) groups excluding carboxylic acids is 1. The normalized spacial score (nSPS) is 19.3. The number of aromatic amines is 1. The lowest BCUT2D eigenvalue weighted by Crippen LogP contribution is -2.39. The summed E-state index contributed by atoms with van der Waals surface area (Å²) in [6.07, 6.45) is 8.94. The number of carbonyl (C=O) groups is 1. The summed E-state index contributed by atoms with van der Waals surface area (Å²) in [6, 6.07) is 7.96. The lowest BCUT2D eigenvalue weighted by Gasteiger charge is -2.36. The molecule has 0 bridgehead atoms. The molecule has 0 saturated carbocycles. The second kappa shape index (κ2) is 8.44. The Morgan fingerprint density at radius 1 is 1.03 bits per heavy atom. The molecule has 1 amide bonds. The SMILES string of the molecule is O=C1CCc2cc(CCN3CCC(c4c[nH]c5cc(Cl)c(F)cc45)CC3)cc3c2N1CCC3. The molecule has 0 atom stereocenters. The molecular formula is C27H29ClFN3O. The third-order valence-electron chi connectivity index (χ3n) is 7.83. The van der Waals surface area contributed by atoms with Gasteiger partial charge in [0.05, 0.1) is 10.7 Å². The summed E-state index contributed by atoms with van der Waals surface area (Å²) in [5, 5.41) is 1.13. The van der Waals surface area contributed by atoms with Crippen molar-refractivity contribution in [3.63, 3.8) is 0 Å². The van der Waals surface area contributed by atoms with Crippen molar-refractivity contribution in [1.29, 1.82) is 0 Å². The predicted molar refractivity (Wildman–Crippen MR) is 131 cm³/mol. The van der Waals surface area contributed by atoms with E-state index in [1.54, 1.807) is 12.1 Å². The first kappa shape index (κ1) is 21.2. The van der Waals surface area contributed by atoms with Gasteiger partial charge in [0.15, 0.2) is 0 Å². The van der Waals surface area contributed by atoms with Crippen LogP contribution in [0, 0.1) is 5.82 Å². The molecule has 0 spiro atoms. The fraction of sp³-hybridized carbons (Fsp3) is 0.444. The number of H-pyrrole nitrogens is 1. The minimum atomic E-state index is -0.348. The largest absolute Gasteiger partial charge is 0.361 e. The number of fused-ring (bicyclic) bond motifs is 1. The molecule has 0 radical (unpaired) electrons. The number of aromatic nitrogens is 1. The van der Waals surface area contributed by atoms with Gasteiger partial charge >= 0.3 is 0 Å². The number of nitrogens with zero attached hydrogens (tertiary/aromatic N) is 2. The van der Waals surface area contributed by atoms with Crippen LogP contribution in [0.25, 0.3) is 10.9 Å². The van der Waals surface area contributed by atoms with Crippen molar-refractivity contribution < 1.29 is 9.18 Å². The number of aryl methyl sites for hydroxylation is 2. The molecule has 1 saturated heterocycles. The molecule has 1 fully saturated rings.